The van der Waals surface area contributed by atoms with Crippen LogP contribution in [0.25, 0.3) is 0 Å². The van der Waals surface area contributed by atoms with Crippen molar-refractivity contribution in [3.63, 3.8) is 0 Å². The Bertz CT molecular complexity index is 1120. The Morgan fingerprint density at radius 2 is 1.77 bits per heavy atom. The second-order valence-corrected chi connectivity index (χ2v) is 6.30. The number of non-ortho nitro benzene ring substituents is 1. The van der Waals surface area contributed by atoms with E-state index >= 15 is 0 Å². The molecule has 0 radical (unpaired) electrons. The van der Waals surface area contributed by atoms with Crippen molar-refractivity contribution in [1.29, 1.82) is 0 Å². The van der Waals surface area contributed by atoms with Gasteiger partial charge in [-0.15, -0.1) is 0 Å². The lowest BCUT2D eigenvalue weighted by atomic mass is 10.1. The number of carbonyl (C=O) groups excluding carboxylic acids is 1. The number of aryl methyl sites for hydroxylation is 1. The molecule has 0 aliphatic heterocycles. The van der Waals surface area contributed by atoms with Crippen LogP contribution in [0, 0.1) is 27.2 Å². The summed E-state index contributed by atoms with van der Waals surface area (Å²) in [7, 11) is 0. The molecular formula is C19H16N6O5. The standard InChI is InChI=1S/C19H16N6O5/c1-13-10-18(25(29)30)22-23(13)12-15-2-6-16(7-3-15)19(26)21-20-11-14-4-8-17(9-5-14)24(27)28/h2-11H,12H2,1H3,(H,21,26)/b20-11+. The topological polar surface area (TPSA) is 146 Å². The number of carbonyl (C=O) groups is 1. The summed E-state index contributed by atoms with van der Waals surface area (Å²) in [5.41, 5.74) is 4.80. The summed E-state index contributed by atoms with van der Waals surface area (Å²) in [5, 5.41) is 29.2. The maximum absolute atomic E-state index is 12.2. The van der Waals surface area contributed by atoms with Crippen LogP contribution in [0.4, 0.5) is 11.5 Å². The average molecular weight is 408 g/mol. The highest BCUT2D eigenvalue weighted by Gasteiger charge is 2.15. The highest BCUT2D eigenvalue weighted by Crippen LogP contribution is 2.14. The van der Waals surface area contributed by atoms with Gasteiger partial charge in [-0.05, 0) is 47.2 Å². The molecule has 1 amide bonds. The van der Waals surface area contributed by atoms with Gasteiger partial charge in [0.05, 0.1) is 34.5 Å². The zero-order valence-corrected chi connectivity index (χ0v) is 15.8. The van der Waals surface area contributed by atoms with Gasteiger partial charge >= 0.3 is 5.82 Å². The van der Waals surface area contributed by atoms with E-state index in [0.29, 0.717) is 23.4 Å². The molecule has 0 fully saturated rings. The number of nitro groups is 2. The van der Waals surface area contributed by atoms with Crippen LogP contribution >= 0.6 is 0 Å². The minimum Gasteiger partial charge on any atom is -0.358 e. The van der Waals surface area contributed by atoms with Crippen LogP contribution in [0.1, 0.15) is 27.2 Å². The number of nitrogens with zero attached hydrogens (tertiary/aromatic N) is 5. The Hall–Kier alpha value is -4.41. The molecule has 1 heterocycles. The first-order valence-electron chi connectivity index (χ1n) is 8.69. The molecule has 0 bridgehead atoms. The van der Waals surface area contributed by atoms with Gasteiger partial charge in [0.25, 0.3) is 11.6 Å². The summed E-state index contributed by atoms with van der Waals surface area (Å²) in [6.45, 7) is 2.06. The molecule has 0 unspecified atom stereocenters. The molecule has 0 saturated heterocycles. The van der Waals surface area contributed by atoms with E-state index < -0.39 is 15.8 Å². The quantitative estimate of drug-likeness (QED) is 0.361. The molecule has 3 rings (SSSR count). The van der Waals surface area contributed by atoms with E-state index in [0.717, 1.165) is 5.56 Å². The van der Waals surface area contributed by atoms with E-state index in [1.54, 1.807) is 31.2 Å². The largest absolute Gasteiger partial charge is 0.390 e. The van der Waals surface area contributed by atoms with E-state index in [-0.39, 0.29) is 11.5 Å². The number of aromatic nitrogens is 2. The fraction of sp³-hybridized carbons (Fsp3) is 0.105. The summed E-state index contributed by atoms with van der Waals surface area (Å²) in [6.07, 6.45) is 1.38. The number of nitro benzene ring substituents is 1. The van der Waals surface area contributed by atoms with E-state index in [2.05, 4.69) is 15.6 Å². The Labute approximate surface area is 169 Å². The summed E-state index contributed by atoms with van der Waals surface area (Å²) >= 11 is 0. The highest BCUT2D eigenvalue weighted by molar-refractivity contribution is 5.94. The van der Waals surface area contributed by atoms with E-state index in [9.17, 15) is 25.0 Å². The second-order valence-electron chi connectivity index (χ2n) is 6.30. The predicted molar refractivity (Wildman–Crippen MR) is 107 cm³/mol. The van der Waals surface area contributed by atoms with Crippen LogP contribution in [-0.4, -0.2) is 31.7 Å². The van der Waals surface area contributed by atoms with Crippen molar-refractivity contribution in [1.82, 2.24) is 15.2 Å². The van der Waals surface area contributed by atoms with Crippen LogP contribution in [-0.2, 0) is 6.54 Å². The van der Waals surface area contributed by atoms with Gasteiger partial charge in [-0.2, -0.15) is 9.78 Å². The lowest BCUT2D eigenvalue weighted by molar-refractivity contribution is -0.389. The molecule has 0 spiro atoms. The average Bonchev–Trinajstić information content (AvgIpc) is 3.09. The van der Waals surface area contributed by atoms with Gasteiger partial charge in [0.1, 0.15) is 0 Å². The van der Waals surface area contributed by atoms with Gasteiger partial charge in [0, 0.05) is 17.7 Å². The fourth-order valence-electron chi connectivity index (χ4n) is 2.59. The molecule has 1 aromatic heterocycles. The zero-order chi connectivity index (χ0) is 21.7. The molecular weight excluding hydrogens is 392 g/mol. The molecule has 11 heteroatoms. The molecule has 0 atom stereocenters. The third-order valence-corrected chi connectivity index (χ3v) is 4.19. The summed E-state index contributed by atoms with van der Waals surface area (Å²) < 4.78 is 1.52. The van der Waals surface area contributed by atoms with E-state index in [1.807, 2.05) is 0 Å². The van der Waals surface area contributed by atoms with Gasteiger partial charge in [0.2, 0.25) is 0 Å². The minimum absolute atomic E-state index is 0.0313. The van der Waals surface area contributed by atoms with Gasteiger partial charge in [-0.25, -0.2) is 5.43 Å². The Morgan fingerprint density at radius 3 is 2.33 bits per heavy atom. The van der Waals surface area contributed by atoms with Gasteiger partial charge in [-0.3, -0.25) is 14.9 Å². The normalized spacial score (nSPS) is 10.8. The fourth-order valence-corrected chi connectivity index (χ4v) is 2.59. The minimum atomic E-state index is -0.547. The van der Waals surface area contributed by atoms with Crippen molar-refractivity contribution in [3.8, 4) is 0 Å². The first kappa shape index (κ1) is 20.3. The number of nitrogens with one attached hydrogen (secondary N) is 1. The Kier molecular flexibility index (Phi) is 5.92. The molecule has 2 aromatic carbocycles. The van der Waals surface area contributed by atoms with Gasteiger partial charge in [0.15, 0.2) is 0 Å². The smallest absolute Gasteiger partial charge is 0.358 e. The van der Waals surface area contributed by atoms with Gasteiger partial charge < -0.3 is 10.1 Å². The lowest BCUT2D eigenvalue weighted by Crippen LogP contribution is -2.17. The maximum atomic E-state index is 12.2. The van der Waals surface area contributed by atoms with Crippen LogP contribution < -0.4 is 5.43 Å². The van der Waals surface area contributed by atoms with Crippen molar-refractivity contribution < 1.29 is 14.6 Å². The number of rotatable bonds is 7. The zero-order valence-electron chi connectivity index (χ0n) is 15.8. The summed E-state index contributed by atoms with van der Waals surface area (Å²) in [4.78, 5) is 32.6. The first-order valence-corrected chi connectivity index (χ1v) is 8.69. The number of benzene rings is 2. The van der Waals surface area contributed by atoms with Crippen LogP contribution in [0.3, 0.4) is 0 Å². The second kappa shape index (κ2) is 8.73. The highest BCUT2D eigenvalue weighted by atomic mass is 16.6. The van der Waals surface area contributed by atoms with E-state index in [4.69, 9.17) is 0 Å². The third-order valence-electron chi connectivity index (χ3n) is 4.19. The first-order chi connectivity index (χ1) is 14.3. The molecule has 1 N–H and O–H groups in total. The number of hydrogen-bond acceptors (Lipinski definition) is 7. The molecule has 0 aliphatic rings. The summed E-state index contributed by atoms with van der Waals surface area (Å²) in [5.74, 6) is -0.639. The van der Waals surface area contributed by atoms with Crippen LogP contribution in [0.15, 0.2) is 59.7 Å². The molecule has 0 aliphatic carbocycles. The summed E-state index contributed by atoms with van der Waals surface area (Å²) in [6, 6.07) is 13.8. The van der Waals surface area contributed by atoms with Gasteiger partial charge in [-0.1, -0.05) is 12.1 Å². The van der Waals surface area contributed by atoms with Crippen molar-refractivity contribution in [2.24, 2.45) is 5.10 Å². The molecule has 11 nitrogen and oxygen atoms in total. The molecule has 3 aromatic rings. The van der Waals surface area contributed by atoms with Crippen molar-refractivity contribution in [3.05, 3.63) is 97.2 Å². The van der Waals surface area contributed by atoms with E-state index in [1.165, 1.54) is 41.2 Å². The Morgan fingerprint density at radius 1 is 1.10 bits per heavy atom. The number of amides is 1. The van der Waals surface area contributed by atoms with Crippen molar-refractivity contribution >= 4 is 23.6 Å². The van der Waals surface area contributed by atoms with Crippen LogP contribution in [0.5, 0.6) is 0 Å². The SMILES string of the molecule is Cc1cc([N+](=O)[O-])nn1Cc1ccc(C(=O)N/N=C/c2ccc([N+](=O)[O-])cc2)cc1. The van der Waals surface area contributed by atoms with Crippen LogP contribution in [0.2, 0.25) is 0 Å². The molecule has 0 saturated carbocycles. The monoisotopic (exact) mass is 408 g/mol. The Balaban J connectivity index is 1.59. The third kappa shape index (κ3) is 4.90. The predicted octanol–water partition coefficient (Wildman–Crippen LogP) is 2.82. The van der Waals surface area contributed by atoms with Crippen molar-refractivity contribution in [2.45, 2.75) is 13.5 Å². The molecule has 152 valence electrons. The lowest BCUT2D eigenvalue weighted by Gasteiger charge is -2.03. The number of hydrazone groups is 1. The van der Waals surface area contributed by atoms with Crippen molar-refractivity contribution in [2.75, 3.05) is 0 Å². The maximum Gasteiger partial charge on any atom is 0.390 e. The number of hydrogen-bond donors (Lipinski definition) is 1. The molecule has 30 heavy (non-hydrogen) atoms.